The van der Waals surface area contributed by atoms with E-state index in [9.17, 15) is 0 Å². The Morgan fingerprint density at radius 3 is 3.09 bits per heavy atom. The van der Waals surface area contributed by atoms with Gasteiger partial charge in [0.25, 0.3) is 0 Å². The minimum Gasteiger partial charge on any atom is -0.337 e. The molecule has 0 amide bonds. The normalized spacial score (nSPS) is 10.5. The number of hydrogen-bond acceptors (Lipinski definition) is 2. The predicted molar refractivity (Wildman–Crippen MR) is 52.4 cm³/mol. The van der Waals surface area contributed by atoms with Crippen LogP contribution >= 0.6 is 23.6 Å². The van der Waals surface area contributed by atoms with E-state index in [4.69, 9.17) is 12.2 Å². The highest BCUT2D eigenvalue weighted by Gasteiger charge is 1.94. The minimum absolute atomic E-state index is 0.843. The monoisotopic (exact) mass is 193 g/mol. The van der Waals surface area contributed by atoms with Gasteiger partial charge in [-0.1, -0.05) is 12.1 Å². The maximum atomic E-state index is 5.01. The maximum Gasteiger partial charge on any atom is 0.175 e. The van der Waals surface area contributed by atoms with E-state index in [0.29, 0.717) is 0 Å². The molecule has 11 heavy (non-hydrogen) atoms. The number of thiazole rings is 1. The number of aromatic nitrogens is 1. The van der Waals surface area contributed by atoms with Crippen LogP contribution < -0.4 is 4.43 Å². The number of aromatic amines is 1. The maximum absolute atomic E-state index is 5.01. The van der Waals surface area contributed by atoms with Gasteiger partial charge in [0.15, 0.2) is 20.2 Å². The second-order valence-electron chi connectivity index (χ2n) is 2.27. The van der Waals surface area contributed by atoms with Crippen molar-refractivity contribution in [3.05, 3.63) is 22.2 Å². The van der Waals surface area contributed by atoms with Gasteiger partial charge in [0.1, 0.15) is 0 Å². The lowest BCUT2D eigenvalue weighted by molar-refractivity contribution is 1.47. The van der Waals surface area contributed by atoms with E-state index in [-0.39, 0.29) is 0 Å². The second-order valence-corrected chi connectivity index (χ2v) is 4.66. The van der Waals surface area contributed by atoms with Crippen LogP contribution in [0.2, 0.25) is 0 Å². The first-order valence-electron chi connectivity index (χ1n) is 3.14. The van der Waals surface area contributed by atoms with Crippen molar-refractivity contribution in [2.24, 2.45) is 0 Å². The molecule has 0 spiro atoms. The average molecular weight is 193 g/mol. The van der Waals surface area contributed by atoms with E-state index in [2.05, 4.69) is 27.3 Å². The highest BCUT2D eigenvalue weighted by atomic mass is 32.1. The van der Waals surface area contributed by atoms with Crippen molar-refractivity contribution in [1.82, 2.24) is 4.98 Å². The number of H-pyrrole nitrogens is 1. The Morgan fingerprint density at radius 2 is 2.27 bits per heavy atom. The summed E-state index contributed by atoms with van der Waals surface area (Å²) >= 11 is 9.29. The third kappa shape index (κ3) is 1.40. The Morgan fingerprint density at radius 1 is 1.45 bits per heavy atom. The summed E-state index contributed by atoms with van der Waals surface area (Å²) < 4.78 is 3.26. The summed E-state index contributed by atoms with van der Waals surface area (Å²) in [6, 6.07) is 6.20. The minimum atomic E-state index is 0.843. The first-order valence-corrected chi connectivity index (χ1v) is 4.94. The van der Waals surface area contributed by atoms with Gasteiger partial charge in [-0.3, -0.25) is 0 Å². The molecule has 0 saturated heterocycles. The smallest absolute Gasteiger partial charge is 0.175 e. The van der Waals surface area contributed by atoms with E-state index in [1.165, 1.54) is 9.13 Å². The van der Waals surface area contributed by atoms with Gasteiger partial charge in [0.2, 0.25) is 0 Å². The topological polar surface area (TPSA) is 15.8 Å². The Hall–Kier alpha value is -0.138. The summed E-state index contributed by atoms with van der Waals surface area (Å²) in [6.07, 6.45) is 0. The van der Waals surface area contributed by atoms with Crippen LogP contribution in [0, 0.1) is 3.95 Å². The molecule has 52 valence electrons. The van der Waals surface area contributed by atoms with Crippen molar-refractivity contribution in [2.75, 3.05) is 0 Å². The molecule has 0 atom stereocenters. The summed E-state index contributed by atoms with van der Waals surface area (Å²) in [6.45, 7) is 0. The first kappa shape index (κ1) is 7.51. The molecular weight excluding hydrogens is 189 g/mol. The van der Waals surface area contributed by atoms with Crippen molar-refractivity contribution in [1.29, 1.82) is 0 Å². The molecule has 1 aromatic carbocycles. The number of fused-ring (bicyclic) bond motifs is 1. The number of nitrogens with one attached hydrogen (secondary N) is 1. The van der Waals surface area contributed by atoms with Crippen molar-refractivity contribution in [3.63, 3.8) is 0 Å². The van der Waals surface area contributed by atoms with E-state index < -0.39 is 0 Å². The highest BCUT2D eigenvalue weighted by Crippen LogP contribution is 2.16. The van der Waals surface area contributed by atoms with Gasteiger partial charge in [0.05, 0.1) is 10.2 Å². The standard InChI is InChI=1S/C7H4NS2.Al/c9-7-8-5-3-1-2-4-6(5)10-7;/h1,3-4H,(H,8,9);. The molecule has 2 rings (SSSR count). The van der Waals surface area contributed by atoms with Crippen LogP contribution in [0.25, 0.3) is 10.2 Å². The van der Waals surface area contributed by atoms with Gasteiger partial charge in [-0.05, 0) is 18.3 Å². The van der Waals surface area contributed by atoms with Crippen LogP contribution in [0.1, 0.15) is 0 Å². The van der Waals surface area contributed by atoms with Gasteiger partial charge in [-0.25, -0.2) is 0 Å². The van der Waals surface area contributed by atoms with Crippen molar-refractivity contribution < 1.29 is 0 Å². The molecule has 0 aliphatic rings. The molecule has 0 aliphatic heterocycles. The van der Waals surface area contributed by atoms with Crippen LogP contribution in [0.5, 0.6) is 0 Å². The zero-order chi connectivity index (χ0) is 7.84. The summed E-state index contributed by atoms with van der Waals surface area (Å²) in [5.74, 6) is 0. The van der Waals surface area contributed by atoms with Crippen LogP contribution in [0.15, 0.2) is 18.2 Å². The van der Waals surface area contributed by atoms with E-state index in [1.54, 1.807) is 11.3 Å². The fraction of sp³-hybridized carbons (Fsp3) is 0. The van der Waals surface area contributed by atoms with Crippen LogP contribution in [0.3, 0.4) is 0 Å². The SMILES string of the molecule is [Al][c]1ccc2[nH]c(=S)sc2c1. The quantitative estimate of drug-likeness (QED) is 0.498. The fourth-order valence-corrected chi connectivity index (χ4v) is 2.51. The van der Waals surface area contributed by atoms with E-state index in [1.807, 2.05) is 12.1 Å². The van der Waals surface area contributed by atoms with Crippen molar-refractivity contribution in [2.45, 2.75) is 0 Å². The molecule has 4 heteroatoms. The first-order chi connectivity index (χ1) is 5.25. The molecule has 2 radical (unpaired) electrons. The zero-order valence-electron chi connectivity index (χ0n) is 5.63. The fourth-order valence-electron chi connectivity index (χ4n) is 0.962. The molecule has 1 aromatic heterocycles. The highest BCUT2D eigenvalue weighted by molar-refractivity contribution is 7.73. The van der Waals surface area contributed by atoms with Crippen molar-refractivity contribution >= 4 is 54.5 Å². The lowest BCUT2D eigenvalue weighted by Gasteiger charge is -1.90. The molecular formula is C7H4AlNS2. The van der Waals surface area contributed by atoms with Gasteiger partial charge in [-0.2, -0.15) is 0 Å². The molecule has 0 unspecified atom stereocenters. The molecule has 0 aliphatic carbocycles. The summed E-state index contributed by atoms with van der Waals surface area (Å²) in [5, 5.41) is 0. The molecule has 1 heterocycles. The molecule has 0 saturated carbocycles. The number of benzene rings is 1. The Balaban J connectivity index is 2.92. The lowest BCUT2D eigenvalue weighted by Crippen LogP contribution is -1.98. The third-order valence-electron chi connectivity index (χ3n) is 1.45. The molecule has 1 N–H and O–H groups in total. The number of hydrogen-bond donors (Lipinski definition) is 1. The zero-order valence-corrected chi connectivity index (χ0v) is 8.41. The molecule has 0 fully saturated rings. The van der Waals surface area contributed by atoms with Crippen LogP contribution in [0.4, 0.5) is 0 Å². The predicted octanol–water partition coefficient (Wildman–Crippen LogP) is 1.75. The summed E-state index contributed by atoms with van der Waals surface area (Å²) in [4.78, 5) is 3.11. The second kappa shape index (κ2) is 2.72. The number of rotatable bonds is 0. The summed E-state index contributed by atoms with van der Waals surface area (Å²) in [5.41, 5.74) is 1.13. The Bertz CT molecular complexity index is 443. The average Bonchev–Trinajstić information content (AvgIpc) is 2.27. The van der Waals surface area contributed by atoms with E-state index >= 15 is 0 Å². The Labute approximate surface area is 81.5 Å². The van der Waals surface area contributed by atoms with Gasteiger partial charge < -0.3 is 4.98 Å². The van der Waals surface area contributed by atoms with Crippen molar-refractivity contribution in [3.8, 4) is 0 Å². The summed E-state index contributed by atoms with van der Waals surface area (Å²) in [7, 11) is 0. The van der Waals surface area contributed by atoms with Crippen LogP contribution in [-0.4, -0.2) is 21.3 Å². The Kier molecular flexibility index (Phi) is 1.86. The van der Waals surface area contributed by atoms with Gasteiger partial charge in [-0.15, -0.1) is 15.8 Å². The molecule has 0 bridgehead atoms. The molecule has 2 aromatic rings. The largest absolute Gasteiger partial charge is 0.337 e. The third-order valence-corrected chi connectivity index (χ3v) is 3.00. The van der Waals surface area contributed by atoms with E-state index in [0.717, 1.165) is 9.47 Å². The van der Waals surface area contributed by atoms with Gasteiger partial charge >= 0.3 is 0 Å². The van der Waals surface area contributed by atoms with Gasteiger partial charge in [0, 0.05) is 0 Å². The lowest BCUT2D eigenvalue weighted by atomic mass is 10.3. The van der Waals surface area contributed by atoms with Crippen LogP contribution in [-0.2, 0) is 0 Å². The molecule has 1 nitrogen and oxygen atoms in total.